The van der Waals surface area contributed by atoms with Crippen molar-refractivity contribution in [3.8, 4) is 6.07 Å². The van der Waals surface area contributed by atoms with Crippen LogP contribution in [0.3, 0.4) is 0 Å². The number of hydrogen-bond acceptors (Lipinski definition) is 5. The van der Waals surface area contributed by atoms with E-state index >= 15 is 0 Å². The molecule has 0 aliphatic heterocycles. The van der Waals surface area contributed by atoms with E-state index in [0.717, 1.165) is 24.2 Å². The number of rotatable bonds is 6. The third-order valence-electron chi connectivity index (χ3n) is 1.88. The van der Waals surface area contributed by atoms with Crippen molar-refractivity contribution in [2.24, 2.45) is 0 Å². The normalized spacial score (nSPS) is 12.3. The SMILES string of the molecule is CCCCCCS(=O)c1nnc(C#N)s1. The van der Waals surface area contributed by atoms with Gasteiger partial charge in [-0.25, -0.2) is 0 Å². The highest BCUT2D eigenvalue weighted by Gasteiger charge is 2.10. The maximum atomic E-state index is 11.6. The van der Waals surface area contributed by atoms with Gasteiger partial charge in [-0.15, -0.1) is 10.2 Å². The Morgan fingerprint density at radius 1 is 1.40 bits per heavy atom. The van der Waals surface area contributed by atoms with Crippen molar-refractivity contribution in [3.05, 3.63) is 5.01 Å². The molecule has 1 unspecified atom stereocenters. The first kappa shape index (κ1) is 12.3. The van der Waals surface area contributed by atoms with E-state index in [1.165, 1.54) is 12.8 Å². The summed E-state index contributed by atoms with van der Waals surface area (Å²) in [5, 5.41) is 16.2. The third kappa shape index (κ3) is 4.06. The summed E-state index contributed by atoms with van der Waals surface area (Å²) in [6, 6.07) is 1.89. The molecule has 0 radical (unpaired) electrons. The third-order valence-corrected chi connectivity index (χ3v) is 4.44. The molecule has 0 aliphatic carbocycles. The van der Waals surface area contributed by atoms with E-state index in [0.29, 0.717) is 10.1 Å². The van der Waals surface area contributed by atoms with E-state index < -0.39 is 10.8 Å². The van der Waals surface area contributed by atoms with Gasteiger partial charge in [0.2, 0.25) is 9.35 Å². The van der Waals surface area contributed by atoms with Crippen LogP contribution in [-0.4, -0.2) is 20.2 Å². The van der Waals surface area contributed by atoms with Crippen molar-refractivity contribution in [2.75, 3.05) is 5.75 Å². The van der Waals surface area contributed by atoms with E-state index in [2.05, 4.69) is 17.1 Å². The average Bonchev–Trinajstić information content (AvgIpc) is 2.72. The molecule has 1 aromatic heterocycles. The van der Waals surface area contributed by atoms with Gasteiger partial charge in [0.1, 0.15) is 6.07 Å². The summed E-state index contributed by atoms with van der Waals surface area (Å²) in [5.41, 5.74) is 0. The number of aromatic nitrogens is 2. The smallest absolute Gasteiger partial charge is 0.218 e. The minimum absolute atomic E-state index is 0.284. The second-order valence-corrected chi connectivity index (χ2v) is 5.82. The fourth-order valence-electron chi connectivity index (χ4n) is 1.09. The summed E-state index contributed by atoms with van der Waals surface area (Å²) in [6.07, 6.45) is 4.40. The number of nitrogens with zero attached hydrogens (tertiary/aromatic N) is 3. The molecular weight excluding hydrogens is 230 g/mol. The first-order valence-corrected chi connectivity index (χ1v) is 7.03. The molecule has 0 aliphatic rings. The summed E-state index contributed by atoms with van der Waals surface area (Å²) in [5.74, 6) is 0.625. The Bertz CT molecular complexity index is 370. The van der Waals surface area contributed by atoms with E-state index in [-0.39, 0.29) is 5.01 Å². The number of nitriles is 1. The Morgan fingerprint density at radius 3 is 2.80 bits per heavy atom. The highest BCUT2D eigenvalue weighted by Crippen LogP contribution is 2.14. The van der Waals surface area contributed by atoms with Crippen molar-refractivity contribution in [1.82, 2.24) is 10.2 Å². The minimum Gasteiger partial charge on any atom is -0.252 e. The van der Waals surface area contributed by atoms with Crippen LogP contribution in [0.1, 0.15) is 37.6 Å². The van der Waals surface area contributed by atoms with Gasteiger partial charge in [0.05, 0.1) is 10.8 Å². The molecule has 15 heavy (non-hydrogen) atoms. The lowest BCUT2D eigenvalue weighted by atomic mass is 10.2. The molecule has 0 saturated heterocycles. The molecule has 4 nitrogen and oxygen atoms in total. The predicted molar refractivity (Wildman–Crippen MR) is 60.0 cm³/mol. The van der Waals surface area contributed by atoms with Crippen LogP contribution in [0.2, 0.25) is 0 Å². The lowest BCUT2D eigenvalue weighted by molar-refractivity contribution is 0.666. The zero-order valence-electron chi connectivity index (χ0n) is 8.60. The van der Waals surface area contributed by atoms with Crippen LogP contribution < -0.4 is 0 Å². The average molecular weight is 243 g/mol. The quantitative estimate of drug-likeness (QED) is 0.718. The largest absolute Gasteiger partial charge is 0.252 e. The molecule has 0 amide bonds. The molecule has 0 N–H and O–H groups in total. The van der Waals surface area contributed by atoms with Crippen molar-refractivity contribution < 1.29 is 4.21 Å². The van der Waals surface area contributed by atoms with E-state index in [1.807, 2.05) is 6.07 Å². The molecule has 6 heteroatoms. The lowest BCUT2D eigenvalue weighted by Gasteiger charge is -1.96. The topological polar surface area (TPSA) is 66.6 Å². The molecule has 1 heterocycles. The maximum Gasteiger partial charge on any atom is 0.218 e. The zero-order chi connectivity index (χ0) is 11.1. The van der Waals surface area contributed by atoms with Gasteiger partial charge >= 0.3 is 0 Å². The number of unbranched alkanes of at least 4 members (excludes halogenated alkanes) is 3. The Hall–Kier alpha value is -0.800. The Kier molecular flexibility index (Phi) is 5.43. The Morgan fingerprint density at radius 2 is 2.20 bits per heavy atom. The molecule has 0 fully saturated rings. The summed E-state index contributed by atoms with van der Waals surface area (Å²) in [6.45, 7) is 2.14. The molecule has 82 valence electrons. The maximum absolute atomic E-state index is 11.6. The van der Waals surface area contributed by atoms with Gasteiger partial charge in [-0.05, 0) is 6.42 Å². The summed E-state index contributed by atoms with van der Waals surface area (Å²) in [4.78, 5) is 0. The number of hydrogen-bond donors (Lipinski definition) is 0. The monoisotopic (exact) mass is 243 g/mol. The summed E-state index contributed by atoms with van der Waals surface area (Å²) < 4.78 is 12.1. The standard InChI is InChI=1S/C9H13N3OS2/c1-2-3-4-5-6-15(13)9-12-11-8(7-10)14-9/h2-6H2,1H3. The van der Waals surface area contributed by atoms with Crippen molar-refractivity contribution in [1.29, 1.82) is 5.26 Å². The second kappa shape index (κ2) is 6.64. The van der Waals surface area contributed by atoms with E-state index in [1.54, 1.807) is 0 Å². The fourth-order valence-corrected chi connectivity index (χ4v) is 3.10. The zero-order valence-corrected chi connectivity index (χ0v) is 10.2. The molecule has 0 spiro atoms. The van der Waals surface area contributed by atoms with Gasteiger partial charge in [0, 0.05) is 5.75 Å². The van der Waals surface area contributed by atoms with Crippen LogP contribution >= 0.6 is 11.3 Å². The van der Waals surface area contributed by atoms with Crippen molar-refractivity contribution in [3.63, 3.8) is 0 Å². The highest BCUT2D eigenvalue weighted by molar-refractivity contribution is 7.87. The van der Waals surface area contributed by atoms with Gasteiger partial charge in [-0.3, -0.25) is 4.21 Å². The first-order valence-electron chi connectivity index (χ1n) is 4.90. The van der Waals surface area contributed by atoms with Crippen LogP contribution in [0.4, 0.5) is 0 Å². The summed E-state index contributed by atoms with van der Waals surface area (Å²) >= 11 is 1.12. The van der Waals surface area contributed by atoms with Crippen LogP contribution in [-0.2, 0) is 10.8 Å². The van der Waals surface area contributed by atoms with Crippen LogP contribution in [0.25, 0.3) is 0 Å². The van der Waals surface area contributed by atoms with Gasteiger partial charge in [-0.2, -0.15) is 5.26 Å². The van der Waals surface area contributed by atoms with E-state index in [4.69, 9.17) is 5.26 Å². The molecule has 1 atom stereocenters. The Labute approximate surface area is 95.8 Å². The second-order valence-electron chi connectivity index (χ2n) is 3.10. The molecule has 1 aromatic rings. The van der Waals surface area contributed by atoms with Gasteiger partial charge in [-0.1, -0.05) is 37.5 Å². The molecule has 0 bridgehead atoms. The first-order chi connectivity index (χ1) is 7.27. The summed E-state index contributed by atoms with van der Waals surface area (Å²) in [7, 11) is -1.07. The minimum atomic E-state index is -1.07. The van der Waals surface area contributed by atoms with Crippen molar-refractivity contribution >= 4 is 22.1 Å². The van der Waals surface area contributed by atoms with Gasteiger partial charge < -0.3 is 0 Å². The Balaban J connectivity index is 2.37. The lowest BCUT2D eigenvalue weighted by Crippen LogP contribution is -1.97. The van der Waals surface area contributed by atoms with Gasteiger partial charge in [0.25, 0.3) is 0 Å². The van der Waals surface area contributed by atoms with Crippen LogP contribution in [0.5, 0.6) is 0 Å². The molecular formula is C9H13N3OS2. The predicted octanol–water partition coefficient (Wildman–Crippen LogP) is 2.10. The van der Waals surface area contributed by atoms with E-state index in [9.17, 15) is 4.21 Å². The molecule has 1 rings (SSSR count). The molecule has 0 saturated carbocycles. The van der Waals surface area contributed by atoms with Crippen LogP contribution in [0, 0.1) is 11.3 Å². The fraction of sp³-hybridized carbons (Fsp3) is 0.667. The van der Waals surface area contributed by atoms with Crippen molar-refractivity contribution in [2.45, 2.75) is 36.9 Å². The highest BCUT2D eigenvalue weighted by atomic mass is 32.2. The van der Waals surface area contributed by atoms with Crippen LogP contribution in [0.15, 0.2) is 4.34 Å². The molecule has 0 aromatic carbocycles. The van der Waals surface area contributed by atoms with Gasteiger partial charge in [0.15, 0.2) is 0 Å².